The molecule has 0 amide bonds. The monoisotopic (exact) mass is 226 g/mol. The zero-order chi connectivity index (χ0) is 10.8. The Labute approximate surface area is 121 Å². The number of hydrogen-bond acceptors (Lipinski definition) is 0. The van der Waals surface area contributed by atoms with Gasteiger partial charge in [-0.15, -0.1) is 0 Å². The third kappa shape index (κ3) is 3.16. The van der Waals surface area contributed by atoms with Crippen molar-refractivity contribution in [1.29, 1.82) is 0 Å². The maximum absolute atomic E-state index is 1.58. The molecule has 2 heteroatoms. The van der Waals surface area contributed by atoms with Gasteiger partial charge in [0, 0.05) is 0 Å². The van der Waals surface area contributed by atoms with Crippen molar-refractivity contribution >= 4 is 6.71 Å². The Kier molecular flexibility index (Phi) is 5.57. The van der Waals surface area contributed by atoms with Gasteiger partial charge in [-0.25, -0.2) is 0 Å². The Bertz CT molecular complexity index is 180. The quantitative estimate of drug-likeness (QED) is 0.648. The van der Waals surface area contributed by atoms with Crippen LogP contribution in [0.2, 0.25) is 17.5 Å². The Hall–Kier alpha value is 0.662. The van der Waals surface area contributed by atoms with Crippen molar-refractivity contribution in [1.82, 2.24) is 0 Å². The molecule has 0 spiro atoms. The zero-order valence-electron chi connectivity index (χ0n) is 12.8. The van der Waals surface area contributed by atoms with E-state index in [1.807, 2.05) is 0 Å². The van der Waals surface area contributed by atoms with Crippen LogP contribution >= 0.6 is 0 Å². The van der Waals surface area contributed by atoms with Crippen molar-refractivity contribution in [2.45, 2.75) is 94.5 Å². The van der Waals surface area contributed by atoms with Crippen molar-refractivity contribution in [2.75, 3.05) is 0 Å². The minimum atomic E-state index is 0. The third-order valence-electron chi connectivity index (χ3n) is 5.83. The van der Waals surface area contributed by atoms with Gasteiger partial charge in [0.15, 0.2) is 0 Å². The van der Waals surface area contributed by atoms with E-state index >= 15 is 0 Å². The largest absolute Gasteiger partial charge is 1.00 e. The molecule has 0 heterocycles. The minimum Gasteiger partial charge on any atom is -1.00 e. The van der Waals surface area contributed by atoms with Gasteiger partial charge >= 0.3 is 18.9 Å². The van der Waals surface area contributed by atoms with E-state index in [0.29, 0.717) is 0 Å². The Balaban J connectivity index is 0.000000810. The summed E-state index contributed by atoms with van der Waals surface area (Å²) in [6.45, 7) is 1.16. The van der Waals surface area contributed by atoms with Crippen LogP contribution < -0.4 is 18.9 Å². The van der Waals surface area contributed by atoms with Crippen molar-refractivity contribution in [3.8, 4) is 0 Å². The zero-order valence-corrected chi connectivity index (χ0v) is 11.8. The van der Waals surface area contributed by atoms with E-state index in [0.717, 1.165) is 24.2 Å². The first kappa shape index (κ1) is 14.1. The third-order valence-corrected chi connectivity index (χ3v) is 5.83. The minimum absolute atomic E-state index is 0. The van der Waals surface area contributed by atoms with Crippen molar-refractivity contribution < 1.29 is 20.3 Å². The summed E-state index contributed by atoms with van der Waals surface area (Å²) in [7, 11) is 0. The molecule has 0 atom stereocenters. The SMILES string of the molecule is C1CCC(B(C2CCCC2)C2CCCC2)C1.[H-].[Li+]. The molecule has 0 radical (unpaired) electrons. The molecule has 0 saturated heterocycles. The van der Waals surface area contributed by atoms with E-state index in [1.54, 1.807) is 77.0 Å². The van der Waals surface area contributed by atoms with E-state index < -0.39 is 0 Å². The van der Waals surface area contributed by atoms with Crippen LogP contribution in [0, 0.1) is 0 Å². The molecule has 0 N–H and O–H groups in total. The number of hydrogen-bond donors (Lipinski definition) is 0. The van der Waals surface area contributed by atoms with Crippen LogP contribution in [0.15, 0.2) is 0 Å². The molecular formula is C15H28BLi. The molecule has 3 aliphatic carbocycles. The van der Waals surface area contributed by atoms with Gasteiger partial charge in [0.2, 0.25) is 0 Å². The van der Waals surface area contributed by atoms with Crippen LogP contribution in [-0.4, -0.2) is 6.71 Å². The van der Waals surface area contributed by atoms with Crippen LogP contribution in [0.4, 0.5) is 0 Å². The molecule has 92 valence electrons. The molecule has 0 unspecified atom stereocenters. The second-order valence-corrected chi connectivity index (χ2v) is 6.71. The van der Waals surface area contributed by atoms with Gasteiger partial charge in [-0.3, -0.25) is 0 Å². The fraction of sp³-hybridized carbons (Fsp3) is 1.00. The van der Waals surface area contributed by atoms with Gasteiger partial charge < -0.3 is 1.43 Å². The van der Waals surface area contributed by atoms with E-state index in [1.165, 1.54) is 0 Å². The summed E-state index contributed by atoms with van der Waals surface area (Å²) in [5, 5.41) is 0. The molecule has 0 aromatic rings. The molecule has 0 nitrogen and oxygen atoms in total. The molecule has 17 heavy (non-hydrogen) atoms. The van der Waals surface area contributed by atoms with E-state index in [4.69, 9.17) is 0 Å². The van der Waals surface area contributed by atoms with E-state index in [2.05, 4.69) is 0 Å². The Morgan fingerprint density at radius 2 is 0.765 bits per heavy atom. The second-order valence-electron chi connectivity index (χ2n) is 6.71. The van der Waals surface area contributed by atoms with Crippen molar-refractivity contribution in [3.63, 3.8) is 0 Å². The van der Waals surface area contributed by atoms with Crippen molar-refractivity contribution in [2.24, 2.45) is 0 Å². The summed E-state index contributed by atoms with van der Waals surface area (Å²) in [4.78, 5) is 0. The molecule has 3 fully saturated rings. The summed E-state index contributed by atoms with van der Waals surface area (Å²) in [6.07, 6.45) is 18.7. The van der Waals surface area contributed by atoms with E-state index in [9.17, 15) is 0 Å². The maximum Gasteiger partial charge on any atom is 1.00 e. The molecular weight excluding hydrogens is 198 g/mol. The fourth-order valence-corrected chi connectivity index (χ4v) is 5.18. The maximum atomic E-state index is 1.58. The van der Waals surface area contributed by atoms with Crippen LogP contribution in [0.25, 0.3) is 0 Å². The molecule has 0 aliphatic heterocycles. The van der Waals surface area contributed by atoms with Crippen LogP contribution in [0.3, 0.4) is 0 Å². The number of rotatable bonds is 3. The van der Waals surface area contributed by atoms with Gasteiger partial charge in [-0.1, -0.05) is 94.5 Å². The first-order valence-corrected chi connectivity index (χ1v) is 7.95. The average Bonchev–Trinajstić information content (AvgIpc) is 3.02. The predicted molar refractivity (Wildman–Crippen MR) is 73.5 cm³/mol. The molecule has 0 aromatic heterocycles. The van der Waals surface area contributed by atoms with Crippen LogP contribution in [0.5, 0.6) is 0 Å². The molecule has 3 aliphatic rings. The predicted octanol–water partition coefficient (Wildman–Crippen LogP) is 2.43. The van der Waals surface area contributed by atoms with E-state index in [-0.39, 0.29) is 20.3 Å². The van der Waals surface area contributed by atoms with Gasteiger partial charge in [0.05, 0.1) is 0 Å². The van der Waals surface area contributed by atoms with Gasteiger partial charge in [-0.2, -0.15) is 0 Å². The average molecular weight is 226 g/mol. The standard InChI is InChI=1S/C15H27B.Li.H/c1-2-8-13(7-1)16(14-9-3-4-10-14)15-11-5-6-12-15;;/h13-15H,1-12H2;;/q;+1;-1. The van der Waals surface area contributed by atoms with Gasteiger partial charge in [-0.05, 0) is 0 Å². The second kappa shape index (κ2) is 6.72. The van der Waals surface area contributed by atoms with Gasteiger partial charge in [0.25, 0.3) is 0 Å². The topological polar surface area (TPSA) is 0 Å². The summed E-state index contributed by atoms with van der Waals surface area (Å²) >= 11 is 0. The summed E-state index contributed by atoms with van der Waals surface area (Å²) < 4.78 is 0. The Morgan fingerprint density at radius 1 is 0.529 bits per heavy atom. The normalized spacial score (nSPS) is 27.5. The van der Waals surface area contributed by atoms with Crippen LogP contribution in [-0.2, 0) is 0 Å². The fourth-order valence-electron chi connectivity index (χ4n) is 5.18. The molecule has 0 bridgehead atoms. The van der Waals surface area contributed by atoms with Crippen LogP contribution in [0.1, 0.15) is 78.5 Å². The van der Waals surface area contributed by atoms with Crippen molar-refractivity contribution in [3.05, 3.63) is 0 Å². The summed E-state index contributed by atoms with van der Waals surface area (Å²) in [5.41, 5.74) is 0. The summed E-state index contributed by atoms with van der Waals surface area (Å²) in [6, 6.07) is 0. The van der Waals surface area contributed by atoms with Gasteiger partial charge in [0.1, 0.15) is 6.71 Å². The smallest absolute Gasteiger partial charge is 1.00 e. The molecule has 3 rings (SSSR count). The first-order valence-electron chi connectivity index (χ1n) is 7.95. The first-order chi connectivity index (χ1) is 7.95. The molecule has 0 aromatic carbocycles. The Morgan fingerprint density at radius 3 is 1.00 bits per heavy atom. The summed E-state index contributed by atoms with van der Waals surface area (Å²) in [5.74, 6) is 3.43. The molecule has 3 saturated carbocycles.